The number of thiocarbonyl (C=S) groups is 1. The van der Waals surface area contributed by atoms with Crippen molar-refractivity contribution in [1.29, 1.82) is 0 Å². The summed E-state index contributed by atoms with van der Waals surface area (Å²) >= 11 is 11.5. The van der Waals surface area contributed by atoms with Gasteiger partial charge in [-0.3, -0.25) is 19.8 Å². The molecule has 7 heteroatoms. The van der Waals surface area contributed by atoms with E-state index in [-0.39, 0.29) is 10.7 Å². The third-order valence-electron chi connectivity index (χ3n) is 4.90. The Morgan fingerprint density at radius 2 is 2.00 bits per heavy atom. The first-order valence-electron chi connectivity index (χ1n) is 9.09. The zero-order valence-electron chi connectivity index (χ0n) is 16.0. The Bertz CT molecular complexity index is 1300. The number of para-hydroxylation sites is 1. The van der Waals surface area contributed by atoms with E-state index in [0.717, 1.165) is 16.5 Å². The van der Waals surface area contributed by atoms with Crippen LogP contribution in [0.3, 0.4) is 0 Å². The Kier molecular flexibility index (Phi) is 5.17. The van der Waals surface area contributed by atoms with E-state index in [0.29, 0.717) is 22.8 Å². The Morgan fingerprint density at radius 3 is 2.73 bits per heavy atom. The molecule has 0 aliphatic carbocycles. The number of terminal acetylenes is 1. The number of fused-ring (bicyclic) bond motifs is 1. The number of hydrogen-bond acceptors (Lipinski definition) is 3. The average Bonchev–Trinajstić information content (AvgIpc) is 3.06. The van der Waals surface area contributed by atoms with Crippen LogP contribution >= 0.6 is 23.8 Å². The number of anilines is 1. The van der Waals surface area contributed by atoms with Crippen LogP contribution < -0.4 is 10.2 Å². The minimum atomic E-state index is -0.548. The molecule has 1 aliphatic rings. The summed E-state index contributed by atoms with van der Waals surface area (Å²) < 4.78 is 1.90. The predicted octanol–water partition coefficient (Wildman–Crippen LogP) is 4.07. The first-order chi connectivity index (χ1) is 14.4. The monoisotopic (exact) mass is 433 g/mol. The van der Waals surface area contributed by atoms with Gasteiger partial charge < -0.3 is 4.57 Å². The molecule has 0 spiro atoms. The second-order valence-electron chi connectivity index (χ2n) is 6.82. The van der Waals surface area contributed by atoms with E-state index in [2.05, 4.69) is 11.2 Å². The van der Waals surface area contributed by atoms with Gasteiger partial charge >= 0.3 is 0 Å². The zero-order chi connectivity index (χ0) is 21.4. The summed E-state index contributed by atoms with van der Waals surface area (Å²) in [7, 11) is 0. The molecule has 30 heavy (non-hydrogen) atoms. The molecule has 2 heterocycles. The molecule has 148 valence electrons. The van der Waals surface area contributed by atoms with Gasteiger partial charge in [0.1, 0.15) is 5.57 Å². The van der Waals surface area contributed by atoms with Crippen LogP contribution in [0, 0.1) is 19.3 Å². The van der Waals surface area contributed by atoms with Crippen LogP contribution in [0.2, 0.25) is 5.02 Å². The number of benzene rings is 2. The molecule has 2 amide bonds. The zero-order valence-corrected chi connectivity index (χ0v) is 17.6. The number of nitrogens with one attached hydrogen (secondary N) is 1. The summed E-state index contributed by atoms with van der Waals surface area (Å²) in [5.41, 5.74) is 2.97. The van der Waals surface area contributed by atoms with Crippen molar-refractivity contribution >= 4 is 63.4 Å². The smallest absolute Gasteiger partial charge is 0.270 e. The Balaban J connectivity index is 1.81. The minimum Gasteiger partial charge on any atom is -0.335 e. The van der Waals surface area contributed by atoms with Gasteiger partial charge in [0, 0.05) is 27.7 Å². The molecular formula is C23H16ClN3O2S. The summed E-state index contributed by atoms with van der Waals surface area (Å²) in [6, 6.07) is 12.8. The highest BCUT2D eigenvalue weighted by atomic mass is 35.5. The van der Waals surface area contributed by atoms with E-state index in [1.54, 1.807) is 24.3 Å². The average molecular weight is 434 g/mol. The molecule has 0 bridgehead atoms. The number of aryl methyl sites for hydroxylation is 1. The third-order valence-corrected chi connectivity index (χ3v) is 5.59. The van der Waals surface area contributed by atoms with Crippen molar-refractivity contribution in [2.45, 2.75) is 13.5 Å². The van der Waals surface area contributed by atoms with E-state index >= 15 is 0 Å². The quantitative estimate of drug-likeness (QED) is 0.293. The third kappa shape index (κ3) is 3.39. The normalized spacial score (nSPS) is 15.6. The summed E-state index contributed by atoms with van der Waals surface area (Å²) in [5.74, 6) is 1.55. The lowest BCUT2D eigenvalue weighted by atomic mass is 10.1. The van der Waals surface area contributed by atoms with Crippen molar-refractivity contribution < 1.29 is 9.59 Å². The van der Waals surface area contributed by atoms with Gasteiger partial charge in [-0.2, -0.15) is 0 Å². The maximum Gasteiger partial charge on any atom is 0.270 e. The topological polar surface area (TPSA) is 54.3 Å². The molecule has 1 N–H and O–H groups in total. The van der Waals surface area contributed by atoms with Crippen LogP contribution in [-0.2, 0) is 16.1 Å². The van der Waals surface area contributed by atoms with Crippen molar-refractivity contribution in [3.05, 3.63) is 70.4 Å². The van der Waals surface area contributed by atoms with Crippen molar-refractivity contribution in [1.82, 2.24) is 9.88 Å². The lowest BCUT2D eigenvalue weighted by molar-refractivity contribution is -0.122. The highest BCUT2D eigenvalue weighted by Gasteiger charge is 2.34. The fourth-order valence-corrected chi connectivity index (χ4v) is 3.84. The molecule has 0 atom stereocenters. The summed E-state index contributed by atoms with van der Waals surface area (Å²) in [5, 5.41) is 3.99. The second kappa shape index (κ2) is 7.79. The SMILES string of the molecule is C#CCn1cc(/C=C2\C(=O)NC(=S)N(c3ccc(C)c(Cl)c3)C2=O)c2ccccc21. The van der Waals surface area contributed by atoms with E-state index in [9.17, 15) is 9.59 Å². The van der Waals surface area contributed by atoms with Gasteiger partial charge in [-0.15, -0.1) is 6.42 Å². The van der Waals surface area contributed by atoms with E-state index in [4.69, 9.17) is 30.2 Å². The van der Waals surface area contributed by atoms with E-state index < -0.39 is 11.8 Å². The van der Waals surface area contributed by atoms with Crippen LogP contribution in [0.4, 0.5) is 5.69 Å². The molecule has 1 aliphatic heterocycles. The highest BCUT2D eigenvalue weighted by Crippen LogP contribution is 2.28. The Labute approximate surface area is 183 Å². The van der Waals surface area contributed by atoms with Crippen molar-refractivity contribution in [3.8, 4) is 12.3 Å². The Morgan fingerprint density at radius 1 is 1.23 bits per heavy atom. The van der Waals surface area contributed by atoms with Crippen LogP contribution in [0.5, 0.6) is 0 Å². The molecule has 0 saturated carbocycles. The molecular weight excluding hydrogens is 418 g/mol. The number of hydrogen-bond donors (Lipinski definition) is 1. The van der Waals surface area contributed by atoms with E-state index in [1.807, 2.05) is 42.0 Å². The highest BCUT2D eigenvalue weighted by molar-refractivity contribution is 7.80. The van der Waals surface area contributed by atoms with Gasteiger partial charge in [0.2, 0.25) is 0 Å². The molecule has 4 rings (SSSR count). The van der Waals surface area contributed by atoms with Gasteiger partial charge in [-0.1, -0.05) is 41.8 Å². The fraction of sp³-hybridized carbons (Fsp3) is 0.0870. The number of amides is 2. The lowest BCUT2D eigenvalue weighted by Crippen LogP contribution is -2.54. The number of rotatable bonds is 3. The summed E-state index contributed by atoms with van der Waals surface area (Å²) in [6.45, 7) is 2.24. The Hall–Kier alpha value is -3.40. The van der Waals surface area contributed by atoms with E-state index in [1.165, 1.54) is 4.90 Å². The van der Waals surface area contributed by atoms with Crippen LogP contribution in [0.1, 0.15) is 11.1 Å². The van der Waals surface area contributed by atoms with Crippen molar-refractivity contribution in [3.63, 3.8) is 0 Å². The first kappa shape index (κ1) is 19.9. The fourth-order valence-electron chi connectivity index (χ4n) is 3.39. The van der Waals surface area contributed by atoms with Gasteiger partial charge in [0.05, 0.1) is 12.2 Å². The van der Waals surface area contributed by atoms with Crippen molar-refractivity contribution in [2.24, 2.45) is 0 Å². The van der Waals surface area contributed by atoms with Crippen molar-refractivity contribution in [2.75, 3.05) is 4.90 Å². The van der Waals surface area contributed by atoms with Crippen LogP contribution in [0.25, 0.3) is 17.0 Å². The molecule has 0 unspecified atom stereocenters. The van der Waals surface area contributed by atoms with Gasteiger partial charge in [-0.05, 0) is 49.0 Å². The number of carbonyl (C=O) groups excluding carboxylic acids is 2. The predicted molar refractivity (Wildman–Crippen MR) is 123 cm³/mol. The number of nitrogens with zero attached hydrogens (tertiary/aromatic N) is 2. The maximum absolute atomic E-state index is 13.2. The van der Waals surface area contributed by atoms with Crippen LogP contribution in [-0.4, -0.2) is 21.5 Å². The van der Waals surface area contributed by atoms with Gasteiger partial charge in [0.15, 0.2) is 5.11 Å². The molecule has 1 saturated heterocycles. The lowest BCUT2D eigenvalue weighted by Gasteiger charge is -2.29. The molecule has 1 aromatic heterocycles. The maximum atomic E-state index is 13.2. The number of halogens is 1. The molecule has 1 fully saturated rings. The van der Waals surface area contributed by atoms with Gasteiger partial charge in [0.25, 0.3) is 11.8 Å². The van der Waals surface area contributed by atoms with Gasteiger partial charge in [-0.25, -0.2) is 0 Å². The largest absolute Gasteiger partial charge is 0.335 e. The molecule has 5 nitrogen and oxygen atoms in total. The summed E-state index contributed by atoms with van der Waals surface area (Å²) in [6.07, 6.45) is 8.87. The number of carbonyl (C=O) groups is 2. The molecule has 3 aromatic rings. The second-order valence-corrected chi connectivity index (χ2v) is 7.62. The number of aromatic nitrogens is 1. The van der Waals surface area contributed by atoms with Crippen LogP contribution in [0.15, 0.2) is 54.2 Å². The summed E-state index contributed by atoms with van der Waals surface area (Å²) in [4.78, 5) is 27.1. The minimum absolute atomic E-state index is 0.0110. The molecule has 2 aromatic carbocycles. The first-order valence-corrected chi connectivity index (χ1v) is 9.88. The standard InChI is InChI=1S/C23H16ClN3O2S/c1-3-10-26-13-15(17-6-4-5-7-20(17)26)11-18-21(28)25-23(30)27(22(18)29)16-9-8-14(2)19(24)12-16/h1,4-9,11-13H,10H2,2H3,(H,25,28,30)/b18-11+. The molecule has 0 radical (unpaired) electrons.